The van der Waals surface area contributed by atoms with Gasteiger partial charge in [-0.1, -0.05) is 36.4 Å². The van der Waals surface area contributed by atoms with E-state index in [9.17, 15) is 0 Å². The van der Waals surface area contributed by atoms with Gasteiger partial charge in [-0.25, -0.2) is 14.6 Å². The molecule has 0 spiro atoms. The molecule has 1 N–H and O–H groups in total. The minimum Gasteiger partial charge on any atom is -0.308 e. The predicted molar refractivity (Wildman–Crippen MR) is 140 cm³/mol. The number of aromatic nitrogens is 10. The lowest BCUT2D eigenvalue weighted by molar-refractivity contribution is 0.745. The van der Waals surface area contributed by atoms with E-state index in [0.29, 0.717) is 12.4 Å². The SMILES string of the molecule is CCc1nc2c(C)cc(C)nc2n1Cc1ccc(-c2cc(-n3cc(C)nn3)ccc2-c2nn[nH]n2)cc1. The Morgan fingerprint density at radius 2 is 1.70 bits per heavy atom. The molecule has 10 heteroatoms. The number of aromatic amines is 1. The number of pyridine rings is 1. The van der Waals surface area contributed by atoms with Gasteiger partial charge in [0.05, 0.1) is 24.1 Å². The average Bonchev–Trinajstić information content (AvgIpc) is 3.65. The molecule has 0 saturated carbocycles. The number of imidazole rings is 1. The smallest absolute Gasteiger partial charge is 0.205 e. The molecule has 0 amide bonds. The molecule has 0 aliphatic rings. The quantitative estimate of drug-likeness (QED) is 0.368. The van der Waals surface area contributed by atoms with E-state index in [1.54, 1.807) is 4.68 Å². The minimum atomic E-state index is 0.537. The summed E-state index contributed by atoms with van der Waals surface area (Å²) in [7, 11) is 0. The summed E-state index contributed by atoms with van der Waals surface area (Å²) in [6.07, 6.45) is 2.74. The first-order valence-corrected chi connectivity index (χ1v) is 12.2. The molecule has 4 heterocycles. The highest BCUT2D eigenvalue weighted by molar-refractivity contribution is 5.82. The van der Waals surface area contributed by atoms with Crippen LogP contribution in [0.3, 0.4) is 0 Å². The number of tetrazole rings is 1. The molecule has 37 heavy (non-hydrogen) atoms. The molecule has 6 aromatic rings. The number of nitrogens with one attached hydrogen (secondary N) is 1. The molecule has 0 fully saturated rings. The number of benzene rings is 2. The Bertz CT molecular complexity index is 1710. The summed E-state index contributed by atoms with van der Waals surface area (Å²) in [4.78, 5) is 9.69. The third-order valence-electron chi connectivity index (χ3n) is 6.48. The number of hydrogen-bond acceptors (Lipinski definition) is 7. The second-order valence-corrected chi connectivity index (χ2v) is 9.19. The van der Waals surface area contributed by atoms with Crippen molar-refractivity contribution in [2.75, 3.05) is 0 Å². The average molecular weight is 491 g/mol. The summed E-state index contributed by atoms with van der Waals surface area (Å²) in [6, 6.07) is 16.7. The summed E-state index contributed by atoms with van der Waals surface area (Å²) in [5.74, 6) is 1.57. The summed E-state index contributed by atoms with van der Waals surface area (Å²) in [5.41, 5.74) is 9.90. The molecular weight excluding hydrogens is 464 g/mol. The minimum absolute atomic E-state index is 0.537. The van der Waals surface area contributed by atoms with Crippen LogP contribution >= 0.6 is 0 Å². The van der Waals surface area contributed by atoms with Crippen molar-refractivity contribution in [1.29, 1.82) is 0 Å². The summed E-state index contributed by atoms with van der Waals surface area (Å²) >= 11 is 0. The van der Waals surface area contributed by atoms with Crippen LogP contribution in [0.2, 0.25) is 0 Å². The van der Waals surface area contributed by atoms with Crippen LogP contribution in [0, 0.1) is 20.8 Å². The Labute approximate surface area is 213 Å². The van der Waals surface area contributed by atoms with E-state index in [0.717, 1.165) is 62.7 Å². The lowest BCUT2D eigenvalue weighted by Crippen LogP contribution is -2.05. The van der Waals surface area contributed by atoms with Gasteiger partial charge in [-0.3, -0.25) is 0 Å². The van der Waals surface area contributed by atoms with Crippen molar-refractivity contribution in [3.63, 3.8) is 0 Å². The molecule has 4 aromatic heterocycles. The van der Waals surface area contributed by atoms with E-state index in [-0.39, 0.29) is 0 Å². The molecular formula is C27H26N10. The highest BCUT2D eigenvalue weighted by Gasteiger charge is 2.16. The molecule has 184 valence electrons. The fraction of sp³-hybridized carbons (Fsp3) is 0.222. The van der Waals surface area contributed by atoms with Crippen molar-refractivity contribution in [2.24, 2.45) is 0 Å². The fourth-order valence-electron chi connectivity index (χ4n) is 4.71. The Morgan fingerprint density at radius 1 is 0.865 bits per heavy atom. The van der Waals surface area contributed by atoms with Crippen LogP contribution in [0.15, 0.2) is 54.7 Å². The third kappa shape index (κ3) is 4.16. The van der Waals surface area contributed by atoms with Gasteiger partial charge in [0.2, 0.25) is 5.82 Å². The standard InChI is InChI=1S/C27H26N10/c1-5-24-29-25-16(2)12-17(3)28-27(25)36(24)15-19-6-8-20(9-7-19)23-13-21(37-14-18(4)30-35-37)10-11-22(23)26-31-33-34-32-26/h6-14H,5,15H2,1-4H3,(H,31,32,33,34). The summed E-state index contributed by atoms with van der Waals surface area (Å²) in [5, 5.41) is 23.1. The van der Waals surface area contributed by atoms with E-state index in [4.69, 9.17) is 9.97 Å². The van der Waals surface area contributed by atoms with Crippen LogP contribution in [-0.4, -0.2) is 50.2 Å². The maximum atomic E-state index is 4.88. The molecule has 0 aliphatic carbocycles. The van der Waals surface area contributed by atoms with Gasteiger partial charge in [0.1, 0.15) is 11.3 Å². The maximum Gasteiger partial charge on any atom is 0.205 e. The molecule has 0 unspecified atom stereocenters. The summed E-state index contributed by atoms with van der Waals surface area (Å²) < 4.78 is 3.99. The summed E-state index contributed by atoms with van der Waals surface area (Å²) in [6.45, 7) is 8.87. The number of rotatable bonds is 6. The number of nitrogens with zero attached hydrogens (tertiary/aromatic N) is 9. The van der Waals surface area contributed by atoms with Crippen LogP contribution < -0.4 is 0 Å². The van der Waals surface area contributed by atoms with Gasteiger partial charge in [0, 0.05) is 17.7 Å². The highest BCUT2D eigenvalue weighted by atomic mass is 15.5. The highest BCUT2D eigenvalue weighted by Crippen LogP contribution is 2.32. The Kier molecular flexibility index (Phi) is 5.56. The fourth-order valence-corrected chi connectivity index (χ4v) is 4.71. The van der Waals surface area contributed by atoms with Crippen LogP contribution in [0.4, 0.5) is 0 Å². The topological polar surface area (TPSA) is 116 Å². The molecule has 10 nitrogen and oxygen atoms in total. The van der Waals surface area contributed by atoms with Gasteiger partial charge in [0.15, 0.2) is 5.65 Å². The van der Waals surface area contributed by atoms with Crippen LogP contribution in [-0.2, 0) is 13.0 Å². The molecule has 0 saturated heterocycles. The van der Waals surface area contributed by atoms with Crippen molar-refractivity contribution in [3.05, 3.63) is 83.1 Å². The Hall–Kier alpha value is -4.73. The van der Waals surface area contributed by atoms with Crippen molar-refractivity contribution >= 4 is 11.2 Å². The first-order valence-electron chi connectivity index (χ1n) is 12.2. The maximum absolute atomic E-state index is 4.88. The first kappa shape index (κ1) is 22.7. The van der Waals surface area contributed by atoms with Crippen LogP contribution in [0.1, 0.15) is 35.3 Å². The van der Waals surface area contributed by atoms with E-state index < -0.39 is 0 Å². The number of H-pyrrole nitrogens is 1. The number of hydrogen-bond donors (Lipinski definition) is 1. The predicted octanol–water partition coefficient (Wildman–Crippen LogP) is 4.40. The van der Waals surface area contributed by atoms with Gasteiger partial charge in [-0.05, 0) is 72.5 Å². The molecule has 0 bridgehead atoms. The van der Waals surface area contributed by atoms with E-state index in [1.807, 2.05) is 32.2 Å². The van der Waals surface area contributed by atoms with Crippen molar-refractivity contribution in [1.82, 2.24) is 50.2 Å². The zero-order valence-electron chi connectivity index (χ0n) is 21.1. The molecule has 0 radical (unpaired) electrons. The zero-order chi connectivity index (χ0) is 25.5. The number of aryl methyl sites for hydroxylation is 4. The largest absolute Gasteiger partial charge is 0.308 e. The van der Waals surface area contributed by atoms with Crippen molar-refractivity contribution in [2.45, 2.75) is 40.7 Å². The van der Waals surface area contributed by atoms with Gasteiger partial charge in [0.25, 0.3) is 0 Å². The van der Waals surface area contributed by atoms with E-state index in [2.05, 4.69) is 85.7 Å². The Balaban J connectivity index is 1.39. The zero-order valence-corrected chi connectivity index (χ0v) is 21.1. The van der Waals surface area contributed by atoms with Gasteiger partial charge >= 0.3 is 0 Å². The van der Waals surface area contributed by atoms with Gasteiger partial charge in [-0.2, -0.15) is 5.21 Å². The molecule has 6 rings (SSSR count). The lowest BCUT2D eigenvalue weighted by Gasteiger charge is -2.12. The van der Waals surface area contributed by atoms with Crippen molar-refractivity contribution < 1.29 is 0 Å². The third-order valence-corrected chi connectivity index (χ3v) is 6.48. The lowest BCUT2D eigenvalue weighted by atomic mass is 9.97. The number of fused-ring (bicyclic) bond motifs is 1. The monoisotopic (exact) mass is 490 g/mol. The van der Waals surface area contributed by atoms with Gasteiger partial charge in [-0.15, -0.1) is 15.3 Å². The first-order chi connectivity index (χ1) is 18.0. The Morgan fingerprint density at radius 3 is 2.41 bits per heavy atom. The normalized spacial score (nSPS) is 11.5. The van der Waals surface area contributed by atoms with Crippen LogP contribution in [0.25, 0.3) is 39.4 Å². The van der Waals surface area contributed by atoms with Gasteiger partial charge < -0.3 is 4.57 Å². The molecule has 2 aromatic carbocycles. The van der Waals surface area contributed by atoms with E-state index in [1.165, 1.54) is 5.56 Å². The van der Waals surface area contributed by atoms with E-state index >= 15 is 0 Å². The molecule has 0 atom stereocenters. The van der Waals surface area contributed by atoms with Crippen LogP contribution in [0.5, 0.6) is 0 Å². The second-order valence-electron chi connectivity index (χ2n) is 9.19. The van der Waals surface area contributed by atoms with Crippen molar-refractivity contribution in [3.8, 4) is 28.2 Å². The molecule has 0 aliphatic heterocycles. The second kappa shape index (κ2) is 9.05.